The van der Waals surface area contributed by atoms with Crippen LogP contribution in [0, 0.1) is 13.8 Å². The van der Waals surface area contributed by atoms with Gasteiger partial charge in [0.15, 0.2) is 0 Å². The van der Waals surface area contributed by atoms with Crippen molar-refractivity contribution in [1.29, 1.82) is 0 Å². The third-order valence-corrected chi connectivity index (χ3v) is 5.48. The average Bonchev–Trinajstić information content (AvgIpc) is 2.57. The van der Waals surface area contributed by atoms with Crippen molar-refractivity contribution in [1.82, 2.24) is 0 Å². The molecular formula is C25H30Cl2O4. The molecule has 0 aliphatic carbocycles. The summed E-state index contributed by atoms with van der Waals surface area (Å²) in [5, 5.41) is 0. The summed E-state index contributed by atoms with van der Waals surface area (Å²) in [6, 6.07) is 7.90. The highest BCUT2D eigenvalue weighted by Gasteiger charge is 2.28. The molecule has 0 atom stereocenters. The number of hydrogen-bond acceptors (Lipinski definition) is 4. The molecule has 0 aromatic heterocycles. The Labute approximate surface area is 194 Å². The molecule has 0 saturated heterocycles. The van der Waals surface area contributed by atoms with Gasteiger partial charge in [0.2, 0.25) is 0 Å². The van der Waals surface area contributed by atoms with E-state index in [1.807, 2.05) is 79.7 Å². The Balaban J connectivity index is 2.81. The summed E-state index contributed by atoms with van der Waals surface area (Å²) in [7, 11) is 0. The Hall–Kier alpha value is -2.04. The van der Waals surface area contributed by atoms with Crippen LogP contribution in [0.5, 0.6) is 11.5 Å². The smallest absolute Gasteiger partial charge is 0.409 e. The van der Waals surface area contributed by atoms with E-state index in [2.05, 4.69) is 0 Å². The molecule has 0 spiro atoms. The van der Waals surface area contributed by atoms with Gasteiger partial charge in [0.1, 0.15) is 11.5 Å². The number of carbonyl (C=O) groups is 2. The van der Waals surface area contributed by atoms with E-state index in [0.717, 1.165) is 33.4 Å². The van der Waals surface area contributed by atoms with Crippen LogP contribution in [0.25, 0.3) is 0 Å². The van der Waals surface area contributed by atoms with E-state index in [-0.39, 0.29) is 10.8 Å². The number of ether oxygens (including phenoxy) is 2. The average molecular weight is 465 g/mol. The summed E-state index contributed by atoms with van der Waals surface area (Å²) in [6.07, 6.45) is 0.379. The second kappa shape index (κ2) is 9.22. The van der Waals surface area contributed by atoms with E-state index in [0.29, 0.717) is 17.9 Å². The molecular weight excluding hydrogens is 435 g/mol. The zero-order chi connectivity index (χ0) is 23.7. The van der Waals surface area contributed by atoms with Crippen molar-refractivity contribution in [2.24, 2.45) is 0 Å². The van der Waals surface area contributed by atoms with Crippen molar-refractivity contribution in [3.8, 4) is 11.5 Å². The highest BCUT2D eigenvalue weighted by atomic mass is 35.5. The minimum absolute atomic E-state index is 0.280. The van der Waals surface area contributed by atoms with Crippen molar-refractivity contribution in [2.75, 3.05) is 0 Å². The van der Waals surface area contributed by atoms with Gasteiger partial charge in [0.25, 0.3) is 0 Å². The molecule has 0 heterocycles. The van der Waals surface area contributed by atoms with Crippen molar-refractivity contribution in [2.45, 2.75) is 72.6 Å². The number of carbonyl (C=O) groups excluding carboxylic acids is 2. The van der Waals surface area contributed by atoms with Crippen LogP contribution in [0.3, 0.4) is 0 Å². The lowest BCUT2D eigenvalue weighted by atomic mass is 9.81. The van der Waals surface area contributed by atoms with Crippen molar-refractivity contribution in [3.05, 3.63) is 57.6 Å². The number of rotatable bonds is 4. The van der Waals surface area contributed by atoms with Crippen LogP contribution in [0.1, 0.15) is 74.9 Å². The maximum atomic E-state index is 11.7. The molecule has 168 valence electrons. The Morgan fingerprint density at radius 2 is 1.03 bits per heavy atom. The molecule has 0 aliphatic rings. The van der Waals surface area contributed by atoms with Gasteiger partial charge in [-0.1, -0.05) is 65.8 Å². The third kappa shape index (κ3) is 6.02. The molecule has 2 aromatic carbocycles. The fourth-order valence-electron chi connectivity index (χ4n) is 3.64. The first-order valence-electron chi connectivity index (χ1n) is 10.1. The molecule has 4 nitrogen and oxygen atoms in total. The minimum atomic E-state index is -0.898. The molecule has 0 saturated carbocycles. The minimum Gasteiger partial charge on any atom is -0.414 e. The van der Waals surface area contributed by atoms with Crippen LogP contribution >= 0.6 is 23.2 Å². The maximum absolute atomic E-state index is 11.7. The highest BCUT2D eigenvalue weighted by molar-refractivity contribution is 6.61. The van der Waals surface area contributed by atoms with Gasteiger partial charge < -0.3 is 9.47 Å². The summed E-state index contributed by atoms with van der Waals surface area (Å²) in [6.45, 7) is 16.1. The largest absolute Gasteiger partial charge is 0.414 e. The van der Waals surface area contributed by atoms with Gasteiger partial charge in [-0.05, 0) is 35.8 Å². The van der Waals surface area contributed by atoms with E-state index in [1.165, 1.54) is 0 Å². The number of halogens is 2. The van der Waals surface area contributed by atoms with Gasteiger partial charge in [0.05, 0.1) is 0 Å². The van der Waals surface area contributed by atoms with Crippen molar-refractivity contribution in [3.63, 3.8) is 0 Å². The molecule has 0 radical (unpaired) electrons. The lowest BCUT2D eigenvalue weighted by molar-refractivity contribution is 0.224. The molecule has 6 heteroatoms. The zero-order valence-corrected chi connectivity index (χ0v) is 20.9. The summed E-state index contributed by atoms with van der Waals surface area (Å²) in [5.41, 5.74) is 2.86. The standard InChI is InChI=1S/C25H30Cl2O4/c1-14-9-11-18(24(3,4)5)20(30-22(26)28)16(14)13-17-15(2)10-12-19(25(6,7)8)21(17)31-23(27)29/h9-12H,13H2,1-8H3. The summed E-state index contributed by atoms with van der Waals surface area (Å²) >= 11 is 11.3. The summed E-state index contributed by atoms with van der Waals surface area (Å²) < 4.78 is 11.0. The van der Waals surface area contributed by atoms with E-state index >= 15 is 0 Å². The van der Waals surface area contributed by atoms with Crippen LogP contribution in [0.2, 0.25) is 0 Å². The third-order valence-electron chi connectivity index (χ3n) is 5.32. The van der Waals surface area contributed by atoms with Crippen LogP contribution in [-0.4, -0.2) is 10.9 Å². The van der Waals surface area contributed by atoms with Crippen LogP contribution in [0.15, 0.2) is 24.3 Å². The number of aryl methyl sites for hydroxylation is 2. The normalized spacial score (nSPS) is 11.9. The molecule has 2 aromatic rings. The topological polar surface area (TPSA) is 52.6 Å². The Kier molecular flexibility index (Phi) is 7.50. The zero-order valence-electron chi connectivity index (χ0n) is 19.4. The number of benzene rings is 2. The first-order chi connectivity index (χ1) is 14.1. The molecule has 2 rings (SSSR count). The Morgan fingerprint density at radius 3 is 1.29 bits per heavy atom. The van der Waals surface area contributed by atoms with E-state index < -0.39 is 10.9 Å². The van der Waals surface area contributed by atoms with Crippen molar-refractivity contribution >= 4 is 34.1 Å². The van der Waals surface area contributed by atoms with Gasteiger partial charge in [-0.2, -0.15) is 0 Å². The predicted octanol–water partition coefficient (Wildman–Crippen LogP) is 7.96. The molecule has 0 unspecified atom stereocenters. The first kappa shape index (κ1) is 25.2. The van der Waals surface area contributed by atoms with Crippen LogP contribution in [0.4, 0.5) is 9.59 Å². The summed E-state index contributed by atoms with van der Waals surface area (Å²) in [5.74, 6) is 0.882. The lowest BCUT2D eigenvalue weighted by Crippen LogP contribution is -2.18. The lowest BCUT2D eigenvalue weighted by Gasteiger charge is -2.27. The first-order valence-corrected chi connectivity index (χ1v) is 10.9. The van der Waals surface area contributed by atoms with E-state index in [4.69, 9.17) is 32.7 Å². The molecule has 0 fully saturated rings. The SMILES string of the molecule is Cc1ccc(C(C)(C)C)c(OC(=O)Cl)c1Cc1c(C)ccc(C(C)(C)C)c1OC(=O)Cl. The number of hydrogen-bond donors (Lipinski definition) is 0. The van der Waals surface area contributed by atoms with E-state index in [1.54, 1.807) is 0 Å². The second-order valence-electron chi connectivity index (χ2n) is 9.83. The molecule has 0 amide bonds. The second-order valence-corrected chi connectivity index (χ2v) is 10.4. The van der Waals surface area contributed by atoms with Crippen molar-refractivity contribution < 1.29 is 19.1 Å². The maximum Gasteiger partial charge on any atom is 0.409 e. The fourth-order valence-corrected chi connectivity index (χ4v) is 3.80. The Morgan fingerprint density at radius 1 is 0.710 bits per heavy atom. The van der Waals surface area contributed by atoms with E-state index in [9.17, 15) is 9.59 Å². The quantitative estimate of drug-likeness (QED) is 0.430. The molecule has 0 aliphatic heterocycles. The van der Waals surface area contributed by atoms with Gasteiger partial charge in [-0.15, -0.1) is 0 Å². The molecule has 31 heavy (non-hydrogen) atoms. The van der Waals surface area contributed by atoms with Gasteiger partial charge in [-0.3, -0.25) is 0 Å². The van der Waals surface area contributed by atoms with Gasteiger partial charge in [0, 0.05) is 51.9 Å². The predicted molar refractivity (Wildman–Crippen MR) is 126 cm³/mol. The summed E-state index contributed by atoms with van der Waals surface area (Å²) in [4.78, 5) is 23.5. The highest BCUT2D eigenvalue weighted by Crippen LogP contribution is 2.41. The van der Waals surface area contributed by atoms with Crippen LogP contribution < -0.4 is 9.47 Å². The fraction of sp³-hybridized carbons (Fsp3) is 0.440. The monoisotopic (exact) mass is 464 g/mol. The molecule has 0 bridgehead atoms. The van der Waals surface area contributed by atoms with Gasteiger partial charge in [-0.25, -0.2) is 9.59 Å². The van der Waals surface area contributed by atoms with Crippen LogP contribution in [-0.2, 0) is 17.3 Å². The van der Waals surface area contributed by atoms with Gasteiger partial charge >= 0.3 is 10.9 Å². The molecule has 0 N–H and O–H groups in total. The Bertz CT molecular complexity index is 930.